The molecule has 0 amide bonds. The van der Waals surface area contributed by atoms with Crippen LogP contribution < -0.4 is 5.73 Å². The third-order valence-corrected chi connectivity index (χ3v) is 4.05. The summed E-state index contributed by atoms with van der Waals surface area (Å²) in [5.74, 6) is 0. The largest absolute Gasteiger partial charge is 0.483 e. The Balaban J connectivity index is 0.00000113. The van der Waals surface area contributed by atoms with Crippen molar-refractivity contribution >= 4 is 12.2 Å². The molecular formula is C21H35N3O2. The third kappa shape index (κ3) is 7.40. The number of nitrogens with two attached hydrogens (primary N) is 1. The predicted octanol–water partition coefficient (Wildman–Crippen LogP) is 4.59. The lowest BCUT2D eigenvalue weighted by Crippen LogP contribution is -2.10. The zero-order chi connectivity index (χ0) is 19.8. The van der Waals surface area contributed by atoms with E-state index in [1.807, 2.05) is 26.3 Å². The highest BCUT2D eigenvalue weighted by atomic mass is 16.3. The van der Waals surface area contributed by atoms with Crippen LogP contribution in [0.3, 0.4) is 0 Å². The summed E-state index contributed by atoms with van der Waals surface area (Å²) in [4.78, 5) is 13.0. The quantitative estimate of drug-likeness (QED) is 0.524. The first-order valence-electron chi connectivity index (χ1n) is 9.58. The molecule has 26 heavy (non-hydrogen) atoms. The SMILES string of the molecule is C=CC1=C(/C=C\CC)n2cnc(CCCCCN)c2CC1.CC.O=CO. The second-order valence-electron chi connectivity index (χ2n) is 5.64. The molecule has 0 aromatic carbocycles. The fourth-order valence-electron chi connectivity index (χ4n) is 2.86. The van der Waals surface area contributed by atoms with Crippen molar-refractivity contribution in [3.05, 3.63) is 48.1 Å². The predicted molar refractivity (Wildman–Crippen MR) is 110 cm³/mol. The molecule has 1 aliphatic heterocycles. The van der Waals surface area contributed by atoms with Gasteiger partial charge in [-0.15, -0.1) is 0 Å². The van der Waals surface area contributed by atoms with Gasteiger partial charge in [0.1, 0.15) is 0 Å². The topological polar surface area (TPSA) is 81.1 Å². The maximum atomic E-state index is 8.36. The number of allylic oxidation sites excluding steroid dienone is 5. The van der Waals surface area contributed by atoms with Gasteiger partial charge in [-0.25, -0.2) is 4.98 Å². The molecule has 0 saturated carbocycles. The first kappa shape index (κ1) is 23.9. The summed E-state index contributed by atoms with van der Waals surface area (Å²) in [7, 11) is 0. The highest BCUT2D eigenvalue weighted by Gasteiger charge is 2.19. The van der Waals surface area contributed by atoms with Crippen LogP contribution in [0.4, 0.5) is 0 Å². The van der Waals surface area contributed by atoms with Crippen LogP contribution in [-0.2, 0) is 17.6 Å². The van der Waals surface area contributed by atoms with Gasteiger partial charge in [-0.3, -0.25) is 4.79 Å². The number of aromatic nitrogens is 2. The van der Waals surface area contributed by atoms with E-state index >= 15 is 0 Å². The number of hydrogen-bond donors (Lipinski definition) is 2. The van der Waals surface area contributed by atoms with E-state index in [0.29, 0.717) is 0 Å². The van der Waals surface area contributed by atoms with Crippen LogP contribution in [0.1, 0.15) is 64.3 Å². The van der Waals surface area contributed by atoms with Gasteiger partial charge in [-0.1, -0.05) is 45.9 Å². The van der Waals surface area contributed by atoms with Crippen LogP contribution >= 0.6 is 0 Å². The van der Waals surface area contributed by atoms with Gasteiger partial charge in [-0.2, -0.15) is 0 Å². The van der Waals surface area contributed by atoms with E-state index < -0.39 is 0 Å². The fourth-order valence-corrected chi connectivity index (χ4v) is 2.86. The van der Waals surface area contributed by atoms with E-state index in [-0.39, 0.29) is 6.47 Å². The molecular weight excluding hydrogens is 326 g/mol. The third-order valence-electron chi connectivity index (χ3n) is 4.05. The first-order valence-corrected chi connectivity index (χ1v) is 9.58. The number of unbranched alkanes of at least 4 members (excludes halogenated alkanes) is 2. The second-order valence-corrected chi connectivity index (χ2v) is 5.64. The lowest BCUT2D eigenvalue weighted by Gasteiger charge is -2.20. The fraction of sp³-hybridized carbons (Fsp3) is 0.524. The number of imidazole rings is 1. The molecule has 0 fully saturated rings. The molecule has 1 aromatic rings. The monoisotopic (exact) mass is 361 g/mol. The summed E-state index contributed by atoms with van der Waals surface area (Å²) in [6, 6.07) is 0. The van der Waals surface area contributed by atoms with Crippen LogP contribution in [0.2, 0.25) is 0 Å². The van der Waals surface area contributed by atoms with Crippen LogP contribution in [0, 0.1) is 0 Å². The van der Waals surface area contributed by atoms with E-state index in [4.69, 9.17) is 15.6 Å². The Morgan fingerprint density at radius 2 is 2.00 bits per heavy atom. The van der Waals surface area contributed by atoms with E-state index in [1.54, 1.807) is 0 Å². The standard InChI is InChI=1S/C18H27N3.C2H6.CH2O2/c1-3-5-10-17-15(4-2)11-12-18-16(20-14-21(17)18)9-7-6-8-13-19;1-2;2-1-3/h4-5,10,14H,2-3,6-9,11-13,19H2,1H3;1-2H3;1H,(H,2,3)/b10-5-;;. The Morgan fingerprint density at radius 3 is 2.58 bits per heavy atom. The van der Waals surface area contributed by atoms with Gasteiger partial charge < -0.3 is 15.4 Å². The average molecular weight is 362 g/mol. The number of nitrogens with zero attached hydrogens (tertiary/aromatic N) is 2. The number of fused-ring (bicyclic) bond motifs is 1. The number of rotatable bonds is 8. The highest BCUT2D eigenvalue weighted by Crippen LogP contribution is 2.29. The number of carbonyl (C=O) groups is 1. The van der Waals surface area contributed by atoms with Crippen LogP contribution in [0.25, 0.3) is 5.70 Å². The lowest BCUT2D eigenvalue weighted by molar-refractivity contribution is -0.122. The summed E-state index contributed by atoms with van der Waals surface area (Å²) in [5, 5.41) is 6.89. The molecule has 2 heterocycles. The van der Waals surface area contributed by atoms with E-state index in [1.165, 1.54) is 35.5 Å². The van der Waals surface area contributed by atoms with Crippen LogP contribution in [-0.4, -0.2) is 27.7 Å². The lowest BCUT2D eigenvalue weighted by atomic mass is 9.99. The molecule has 0 bridgehead atoms. The average Bonchev–Trinajstić information content (AvgIpc) is 3.09. The van der Waals surface area contributed by atoms with Gasteiger partial charge >= 0.3 is 0 Å². The number of hydrogen-bond acceptors (Lipinski definition) is 3. The molecule has 0 saturated heterocycles. The van der Waals surface area contributed by atoms with Crippen LogP contribution in [0.5, 0.6) is 0 Å². The number of carboxylic acid groups (broad SMARTS) is 1. The molecule has 5 nitrogen and oxygen atoms in total. The Hall–Kier alpha value is -2.14. The van der Waals surface area contributed by atoms with E-state index in [2.05, 4.69) is 35.2 Å². The molecule has 5 heteroatoms. The van der Waals surface area contributed by atoms with Crippen molar-refractivity contribution < 1.29 is 9.90 Å². The molecule has 2 rings (SSSR count). The molecule has 0 spiro atoms. The van der Waals surface area contributed by atoms with Crippen LogP contribution in [0.15, 0.2) is 36.7 Å². The Bertz CT molecular complexity index is 586. The molecule has 146 valence electrons. The smallest absolute Gasteiger partial charge is 0.290 e. The molecule has 0 unspecified atom stereocenters. The number of aryl methyl sites for hydroxylation is 1. The minimum absolute atomic E-state index is 0.250. The maximum Gasteiger partial charge on any atom is 0.290 e. The van der Waals surface area contributed by atoms with Crippen molar-refractivity contribution in [3.8, 4) is 0 Å². The molecule has 3 N–H and O–H groups in total. The molecule has 0 radical (unpaired) electrons. The van der Waals surface area contributed by atoms with Crippen molar-refractivity contribution in [2.45, 2.75) is 65.7 Å². The first-order chi connectivity index (χ1) is 12.7. The summed E-state index contributed by atoms with van der Waals surface area (Å²) in [6.45, 7) is 10.7. The summed E-state index contributed by atoms with van der Waals surface area (Å²) in [5.41, 5.74) is 10.8. The van der Waals surface area contributed by atoms with E-state index in [9.17, 15) is 0 Å². The Morgan fingerprint density at radius 1 is 1.31 bits per heavy atom. The highest BCUT2D eigenvalue weighted by molar-refractivity contribution is 5.66. The summed E-state index contributed by atoms with van der Waals surface area (Å²) >= 11 is 0. The van der Waals surface area contributed by atoms with Gasteiger partial charge in [0.25, 0.3) is 6.47 Å². The molecule has 0 aliphatic carbocycles. The van der Waals surface area contributed by atoms with Crippen molar-refractivity contribution in [2.24, 2.45) is 5.73 Å². The normalized spacial score (nSPS) is 12.6. The zero-order valence-electron chi connectivity index (χ0n) is 16.6. The van der Waals surface area contributed by atoms with E-state index in [0.717, 1.165) is 38.6 Å². The van der Waals surface area contributed by atoms with Crippen molar-refractivity contribution in [3.63, 3.8) is 0 Å². The maximum absolute atomic E-state index is 8.36. The van der Waals surface area contributed by atoms with Gasteiger partial charge in [0.05, 0.1) is 12.0 Å². The summed E-state index contributed by atoms with van der Waals surface area (Å²) < 4.78 is 2.25. The van der Waals surface area contributed by atoms with Gasteiger partial charge in [0, 0.05) is 11.4 Å². The molecule has 0 atom stereocenters. The zero-order valence-corrected chi connectivity index (χ0v) is 16.6. The van der Waals surface area contributed by atoms with Crippen molar-refractivity contribution in [1.82, 2.24) is 9.55 Å². The Kier molecular flexibility index (Phi) is 13.9. The summed E-state index contributed by atoms with van der Waals surface area (Å²) in [6.07, 6.45) is 16.1. The molecule has 1 aromatic heterocycles. The van der Waals surface area contributed by atoms with Crippen molar-refractivity contribution in [2.75, 3.05) is 6.54 Å². The van der Waals surface area contributed by atoms with Gasteiger partial charge in [0.2, 0.25) is 0 Å². The second kappa shape index (κ2) is 15.1. The Labute approximate surface area is 158 Å². The van der Waals surface area contributed by atoms with Gasteiger partial charge in [0.15, 0.2) is 0 Å². The molecule has 1 aliphatic rings. The van der Waals surface area contributed by atoms with Gasteiger partial charge in [-0.05, 0) is 56.7 Å². The van der Waals surface area contributed by atoms with Crippen molar-refractivity contribution in [1.29, 1.82) is 0 Å². The minimum Gasteiger partial charge on any atom is -0.483 e. The minimum atomic E-state index is -0.250.